The molecule has 2 saturated carbocycles. The van der Waals surface area contributed by atoms with Crippen LogP contribution in [0.2, 0.25) is 0 Å². The third kappa shape index (κ3) is 0.878. The quantitative estimate of drug-likeness (QED) is 0.627. The molecule has 2 aliphatic rings. The summed E-state index contributed by atoms with van der Waals surface area (Å²) in [6, 6.07) is 0. The van der Waals surface area contributed by atoms with E-state index in [1.54, 1.807) is 0 Å². The van der Waals surface area contributed by atoms with Crippen molar-refractivity contribution in [2.75, 3.05) is 13.1 Å². The Morgan fingerprint density at radius 1 is 1.40 bits per heavy atom. The van der Waals surface area contributed by atoms with Crippen LogP contribution in [0.5, 0.6) is 0 Å². The van der Waals surface area contributed by atoms with Crippen LogP contribution in [0.1, 0.15) is 26.2 Å². The van der Waals surface area contributed by atoms with Gasteiger partial charge in [0, 0.05) is 0 Å². The van der Waals surface area contributed by atoms with E-state index in [1.165, 1.54) is 25.8 Å². The lowest BCUT2D eigenvalue weighted by molar-refractivity contribution is -0.0236. The predicted molar refractivity (Wildman–Crippen MR) is 42.9 cm³/mol. The molecule has 10 heavy (non-hydrogen) atoms. The molecule has 1 heteroatoms. The first-order valence-corrected chi connectivity index (χ1v) is 4.62. The summed E-state index contributed by atoms with van der Waals surface area (Å²) >= 11 is 0. The third-order valence-corrected chi connectivity index (χ3v) is 3.34. The highest BCUT2D eigenvalue weighted by atomic mass is 14.9. The monoisotopic (exact) mass is 139 g/mol. The van der Waals surface area contributed by atoms with E-state index in [0.29, 0.717) is 0 Å². The summed E-state index contributed by atoms with van der Waals surface area (Å²) in [5.74, 6) is 3.35. The maximum Gasteiger partial charge on any atom is -0.00178 e. The van der Waals surface area contributed by atoms with Crippen molar-refractivity contribution < 1.29 is 0 Å². The summed E-state index contributed by atoms with van der Waals surface area (Å²) < 4.78 is 0. The van der Waals surface area contributed by atoms with Crippen molar-refractivity contribution in [3.05, 3.63) is 0 Å². The molecule has 0 bridgehead atoms. The van der Waals surface area contributed by atoms with Gasteiger partial charge in [0.25, 0.3) is 0 Å². The Morgan fingerprint density at radius 3 is 2.70 bits per heavy atom. The first kappa shape index (κ1) is 6.66. The Hall–Kier alpha value is -0.0400. The van der Waals surface area contributed by atoms with Crippen LogP contribution >= 0.6 is 0 Å². The molecule has 0 aliphatic heterocycles. The zero-order chi connectivity index (χ0) is 6.97. The molecule has 2 fully saturated rings. The van der Waals surface area contributed by atoms with Crippen molar-refractivity contribution in [3.8, 4) is 0 Å². The van der Waals surface area contributed by atoms with Crippen molar-refractivity contribution in [2.24, 2.45) is 17.8 Å². The molecular formula is C9H17N. The molecular weight excluding hydrogens is 122 g/mol. The number of nitrogens with one attached hydrogen (secondary N) is 1. The largest absolute Gasteiger partial charge is 0.317 e. The predicted octanol–water partition coefficient (Wildman–Crippen LogP) is 1.64. The average molecular weight is 139 g/mol. The molecule has 0 aromatic heterocycles. The molecule has 1 nitrogen and oxygen atoms in total. The maximum absolute atomic E-state index is 3.44. The number of hydrogen-bond acceptors (Lipinski definition) is 1. The van der Waals surface area contributed by atoms with E-state index in [-0.39, 0.29) is 0 Å². The van der Waals surface area contributed by atoms with Gasteiger partial charge in [-0.2, -0.15) is 0 Å². The van der Waals surface area contributed by atoms with Gasteiger partial charge in [0.05, 0.1) is 0 Å². The van der Waals surface area contributed by atoms with E-state index >= 15 is 0 Å². The van der Waals surface area contributed by atoms with Gasteiger partial charge in [-0.25, -0.2) is 0 Å². The number of rotatable bonds is 3. The molecule has 0 heterocycles. The standard InChI is InChI=1S/C9H17N/c1-2-10-6-8-5-7-3-4-9(7)8/h7-10H,2-6H2,1H3. The van der Waals surface area contributed by atoms with Crippen LogP contribution in [0, 0.1) is 17.8 Å². The summed E-state index contributed by atoms with van der Waals surface area (Å²) in [6.45, 7) is 4.63. The molecule has 2 rings (SSSR count). The first-order chi connectivity index (χ1) is 4.92. The van der Waals surface area contributed by atoms with Crippen LogP contribution in [-0.4, -0.2) is 13.1 Å². The van der Waals surface area contributed by atoms with Crippen LogP contribution in [0.25, 0.3) is 0 Å². The average Bonchev–Trinajstić information content (AvgIpc) is 1.92. The molecule has 3 unspecified atom stereocenters. The third-order valence-electron chi connectivity index (χ3n) is 3.34. The molecule has 0 aromatic rings. The lowest BCUT2D eigenvalue weighted by Gasteiger charge is -2.53. The van der Waals surface area contributed by atoms with Crippen LogP contribution in [-0.2, 0) is 0 Å². The molecule has 3 atom stereocenters. The Bertz CT molecular complexity index is 122. The normalized spacial score (nSPS) is 43.5. The number of fused-ring (bicyclic) bond motifs is 1. The summed E-state index contributed by atoms with van der Waals surface area (Å²) in [6.07, 6.45) is 4.59. The fraction of sp³-hybridized carbons (Fsp3) is 1.00. The second-order valence-electron chi connectivity index (χ2n) is 3.80. The SMILES string of the molecule is CCNCC1CC2CCC21. The van der Waals surface area contributed by atoms with Gasteiger partial charge in [0.15, 0.2) is 0 Å². The fourth-order valence-electron chi connectivity index (χ4n) is 2.44. The number of hydrogen-bond donors (Lipinski definition) is 1. The molecule has 1 N–H and O–H groups in total. The second kappa shape index (κ2) is 2.54. The van der Waals surface area contributed by atoms with Crippen molar-refractivity contribution in [3.63, 3.8) is 0 Å². The van der Waals surface area contributed by atoms with Gasteiger partial charge in [-0.05, 0) is 50.1 Å². The smallest absolute Gasteiger partial charge is 0.00178 e. The van der Waals surface area contributed by atoms with Crippen molar-refractivity contribution >= 4 is 0 Å². The van der Waals surface area contributed by atoms with Crippen LogP contribution in [0.15, 0.2) is 0 Å². The van der Waals surface area contributed by atoms with E-state index in [1.807, 2.05) is 0 Å². The summed E-state index contributed by atoms with van der Waals surface area (Å²) in [5, 5.41) is 3.44. The van der Waals surface area contributed by atoms with Crippen molar-refractivity contribution in [2.45, 2.75) is 26.2 Å². The van der Waals surface area contributed by atoms with Gasteiger partial charge in [-0.1, -0.05) is 6.92 Å². The molecule has 0 radical (unpaired) electrons. The molecule has 0 aromatic carbocycles. The Kier molecular flexibility index (Phi) is 1.69. The van der Waals surface area contributed by atoms with E-state index in [0.717, 1.165) is 24.3 Å². The van der Waals surface area contributed by atoms with Crippen molar-refractivity contribution in [1.29, 1.82) is 0 Å². The highest BCUT2D eigenvalue weighted by Gasteiger charge is 2.46. The van der Waals surface area contributed by atoms with Gasteiger partial charge < -0.3 is 5.32 Å². The Labute approximate surface area is 63.2 Å². The zero-order valence-corrected chi connectivity index (χ0v) is 6.77. The topological polar surface area (TPSA) is 12.0 Å². The van der Waals surface area contributed by atoms with Crippen LogP contribution < -0.4 is 5.32 Å². The second-order valence-corrected chi connectivity index (χ2v) is 3.80. The molecule has 0 spiro atoms. The van der Waals surface area contributed by atoms with Gasteiger partial charge in [0.1, 0.15) is 0 Å². The minimum atomic E-state index is 1.05. The summed E-state index contributed by atoms with van der Waals surface area (Å²) in [7, 11) is 0. The molecule has 2 aliphatic carbocycles. The lowest BCUT2D eigenvalue weighted by atomic mass is 9.53. The minimum Gasteiger partial charge on any atom is -0.317 e. The summed E-state index contributed by atoms with van der Waals surface area (Å²) in [5.41, 5.74) is 0. The maximum atomic E-state index is 3.44. The Balaban J connectivity index is 1.67. The minimum absolute atomic E-state index is 1.05. The highest BCUT2D eigenvalue weighted by molar-refractivity contribution is 4.97. The molecule has 0 saturated heterocycles. The van der Waals surface area contributed by atoms with E-state index in [9.17, 15) is 0 Å². The zero-order valence-electron chi connectivity index (χ0n) is 6.77. The lowest BCUT2D eigenvalue weighted by Crippen LogP contribution is -2.48. The molecule has 58 valence electrons. The van der Waals surface area contributed by atoms with E-state index in [2.05, 4.69) is 12.2 Å². The van der Waals surface area contributed by atoms with Gasteiger partial charge >= 0.3 is 0 Å². The highest BCUT2D eigenvalue weighted by Crippen LogP contribution is 2.53. The molecule has 0 amide bonds. The Morgan fingerprint density at radius 2 is 2.30 bits per heavy atom. The van der Waals surface area contributed by atoms with E-state index in [4.69, 9.17) is 0 Å². The van der Waals surface area contributed by atoms with Crippen LogP contribution in [0.3, 0.4) is 0 Å². The van der Waals surface area contributed by atoms with Gasteiger partial charge in [-0.3, -0.25) is 0 Å². The first-order valence-electron chi connectivity index (χ1n) is 4.62. The summed E-state index contributed by atoms with van der Waals surface area (Å²) in [4.78, 5) is 0. The van der Waals surface area contributed by atoms with Gasteiger partial charge in [-0.15, -0.1) is 0 Å². The van der Waals surface area contributed by atoms with Crippen molar-refractivity contribution in [1.82, 2.24) is 5.32 Å². The van der Waals surface area contributed by atoms with Gasteiger partial charge in [0.2, 0.25) is 0 Å². The van der Waals surface area contributed by atoms with Crippen LogP contribution in [0.4, 0.5) is 0 Å². The fourth-order valence-corrected chi connectivity index (χ4v) is 2.44. The van der Waals surface area contributed by atoms with E-state index < -0.39 is 0 Å².